The average molecular weight is 317 g/mol. The highest BCUT2D eigenvalue weighted by Gasteiger charge is 2.21. The molecule has 0 radical (unpaired) electrons. The fourth-order valence-electron chi connectivity index (χ4n) is 2.09. The molecule has 5 nitrogen and oxygen atoms in total. The first-order valence-electron chi connectivity index (χ1n) is 5.41. The predicted octanol–water partition coefficient (Wildman–Crippen LogP) is 2.33. The van der Waals surface area contributed by atoms with Crippen molar-refractivity contribution < 1.29 is 0 Å². The maximum Gasteiger partial charge on any atom is 0.178 e. The van der Waals surface area contributed by atoms with E-state index in [0.717, 1.165) is 23.4 Å². The van der Waals surface area contributed by atoms with Gasteiger partial charge in [-0.25, -0.2) is 4.98 Å². The Morgan fingerprint density at radius 1 is 1.35 bits per heavy atom. The van der Waals surface area contributed by atoms with Crippen molar-refractivity contribution in [3.05, 3.63) is 15.7 Å². The Balaban J connectivity index is 2.23. The number of nitrogens with two attached hydrogens (primary N) is 1. The van der Waals surface area contributed by atoms with Gasteiger partial charge in [0.05, 0.1) is 6.20 Å². The summed E-state index contributed by atoms with van der Waals surface area (Å²) in [4.78, 5) is 6.76. The smallest absolute Gasteiger partial charge is 0.178 e. The normalized spacial score (nSPS) is 16.0. The van der Waals surface area contributed by atoms with Crippen LogP contribution in [0.1, 0.15) is 12.8 Å². The molecule has 1 fully saturated rings. The predicted molar refractivity (Wildman–Crippen MR) is 71.6 cm³/mol. The molecule has 2 aromatic heterocycles. The second-order valence-corrected chi connectivity index (χ2v) is 5.26. The highest BCUT2D eigenvalue weighted by atomic mass is 79.9. The lowest BCUT2D eigenvalue weighted by atomic mass is 10.4. The van der Waals surface area contributed by atoms with E-state index in [2.05, 4.69) is 30.9 Å². The Hall–Kier alpha value is -1.01. The molecule has 7 heteroatoms. The van der Waals surface area contributed by atoms with Crippen LogP contribution in [0.15, 0.2) is 10.7 Å². The Morgan fingerprint density at radius 2 is 2.06 bits per heavy atom. The Morgan fingerprint density at radius 3 is 2.76 bits per heavy atom. The zero-order chi connectivity index (χ0) is 12.0. The van der Waals surface area contributed by atoms with Gasteiger partial charge in [-0.05, 0) is 28.8 Å². The Labute approximate surface area is 112 Å². The van der Waals surface area contributed by atoms with Gasteiger partial charge in [0.1, 0.15) is 21.1 Å². The van der Waals surface area contributed by atoms with Crippen molar-refractivity contribution >= 4 is 44.8 Å². The third-order valence-corrected chi connectivity index (χ3v) is 4.00. The van der Waals surface area contributed by atoms with Gasteiger partial charge in [0.2, 0.25) is 0 Å². The van der Waals surface area contributed by atoms with Crippen LogP contribution in [0, 0.1) is 0 Å². The summed E-state index contributed by atoms with van der Waals surface area (Å²) in [5.74, 6) is 1.39. The van der Waals surface area contributed by atoms with Crippen molar-refractivity contribution in [1.29, 1.82) is 0 Å². The molecule has 0 spiro atoms. The molecule has 3 heterocycles. The first-order valence-corrected chi connectivity index (χ1v) is 6.58. The van der Waals surface area contributed by atoms with Crippen LogP contribution in [0.5, 0.6) is 0 Å². The number of rotatable bonds is 1. The van der Waals surface area contributed by atoms with Crippen molar-refractivity contribution in [2.45, 2.75) is 12.8 Å². The van der Waals surface area contributed by atoms with E-state index in [0.29, 0.717) is 16.5 Å². The first-order chi connectivity index (χ1) is 8.18. The minimum atomic E-state index is 0.518. The number of nitrogen functional groups attached to an aromatic ring is 1. The molecule has 1 saturated heterocycles. The van der Waals surface area contributed by atoms with E-state index in [9.17, 15) is 0 Å². The molecule has 1 aliphatic heterocycles. The van der Waals surface area contributed by atoms with Gasteiger partial charge in [0.25, 0.3) is 0 Å². The summed E-state index contributed by atoms with van der Waals surface area (Å²) < 4.78 is 2.33. The van der Waals surface area contributed by atoms with Crippen molar-refractivity contribution in [1.82, 2.24) is 14.6 Å². The fourth-order valence-corrected chi connectivity index (χ4v) is 2.77. The molecule has 0 aliphatic carbocycles. The molecule has 3 rings (SSSR count). The lowest BCUT2D eigenvalue weighted by molar-refractivity contribution is 0.899. The first kappa shape index (κ1) is 11.1. The van der Waals surface area contributed by atoms with Gasteiger partial charge in [0, 0.05) is 13.1 Å². The maximum absolute atomic E-state index is 6.04. The number of aromatic nitrogens is 3. The maximum atomic E-state index is 6.04. The number of nitrogens with zero attached hydrogens (tertiary/aromatic N) is 4. The summed E-state index contributed by atoms with van der Waals surface area (Å²) in [6.45, 7) is 2.01. The Kier molecular flexibility index (Phi) is 2.63. The summed E-state index contributed by atoms with van der Waals surface area (Å²) in [5.41, 5.74) is 6.63. The van der Waals surface area contributed by atoms with E-state index in [-0.39, 0.29) is 0 Å². The fraction of sp³-hybridized carbons (Fsp3) is 0.400. The molecule has 0 amide bonds. The molecule has 17 heavy (non-hydrogen) atoms. The van der Waals surface area contributed by atoms with Gasteiger partial charge in [-0.1, -0.05) is 11.6 Å². The molecule has 0 atom stereocenters. The quantitative estimate of drug-likeness (QED) is 0.877. The van der Waals surface area contributed by atoms with E-state index < -0.39 is 0 Å². The number of anilines is 2. The standard InChI is InChI=1S/C10H11BrClN5/c11-7-8(13)17-9(6(12)5-14-17)15-10(7)16-3-1-2-4-16/h5H,1-4,13H2. The van der Waals surface area contributed by atoms with E-state index in [4.69, 9.17) is 17.3 Å². The van der Waals surface area contributed by atoms with Gasteiger partial charge in [-0.3, -0.25) is 0 Å². The molecule has 0 unspecified atom stereocenters. The highest BCUT2D eigenvalue weighted by Crippen LogP contribution is 2.33. The molecule has 0 saturated carbocycles. The third kappa shape index (κ3) is 1.66. The minimum Gasteiger partial charge on any atom is -0.383 e. The van der Waals surface area contributed by atoms with Crippen molar-refractivity contribution in [2.24, 2.45) is 0 Å². The second-order valence-electron chi connectivity index (χ2n) is 4.06. The molecule has 2 aromatic rings. The highest BCUT2D eigenvalue weighted by molar-refractivity contribution is 9.10. The van der Waals surface area contributed by atoms with Crippen LogP contribution in [0.2, 0.25) is 5.02 Å². The van der Waals surface area contributed by atoms with Crippen LogP contribution < -0.4 is 10.6 Å². The van der Waals surface area contributed by atoms with Gasteiger partial charge in [-0.15, -0.1) is 0 Å². The summed E-state index contributed by atoms with van der Waals surface area (Å²) in [6, 6.07) is 0. The van der Waals surface area contributed by atoms with Gasteiger partial charge >= 0.3 is 0 Å². The number of fused-ring (bicyclic) bond motifs is 1. The summed E-state index contributed by atoms with van der Waals surface area (Å²) in [6.07, 6.45) is 3.93. The summed E-state index contributed by atoms with van der Waals surface area (Å²) in [7, 11) is 0. The average Bonchev–Trinajstić information content (AvgIpc) is 2.94. The van der Waals surface area contributed by atoms with Crippen molar-refractivity contribution in [2.75, 3.05) is 23.7 Å². The SMILES string of the molecule is Nc1c(Br)c(N2CCCC2)nc2c(Cl)cnn12. The third-order valence-electron chi connectivity index (χ3n) is 2.97. The van der Waals surface area contributed by atoms with Gasteiger partial charge in [0.15, 0.2) is 5.65 Å². The number of hydrogen-bond donors (Lipinski definition) is 1. The minimum absolute atomic E-state index is 0.518. The molecular formula is C10H11BrClN5. The van der Waals surface area contributed by atoms with Gasteiger partial charge < -0.3 is 10.6 Å². The zero-order valence-electron chi connectivity index (χ0n) is 9.03. The molecule has 0 bridgehead atoms. The van der Waals surface area contributed by atoms with E-state index in [1.54, 1.807) is 10.7 Å². The zero-order valence-corrected chi connectivity index (χ0v) is 11.4. The topological polar surface area (TPSA) is 59.5 Å². The van der Waals surface area contributed by atoms with Crippen LogP contribution in [0.3, 0.4) is 0 Å². The summed E-state index contributed by atoms with van der Waals surface area (Å²) >= 11 is 9.53. The molecule has 2 N–H and O–H groups in total. The molecule has 90 valence electrons. The molecular weight excluding hydrogens is 306 g/mol. The largest absolute Gasteiger partial charge is 0.383 e. The van der Waals surface area contributed by atoms with E-state index >= 15 is 0 Å². The number of hydrogen-bond acceptors (Lipinski definition) is 4. The summed E-state index contributed by atoms with van der Waals surface area (Å²) in [5, 5.41) is 4.61. The van der Waals surface area contributed by atoms with Crippen LogP contribution >= 0.6 is 27.5 Å². The monoisotopic (exact) mass is 315 g/mol. The molecule has 0 aromatic carbocycles. The lowest BCUT2D eigenvalue weighted by Crippen LogP contribution is -2.21. The number of halogens is 2. The second kappa shape index (κ2) is 4.03. The van der Waals surface area contributed by atoms with E-state index in [1.165, 1.54) is 12.8 Å². The van der Waals surface area contributed by atoms with E-state index in [1.807, 2.05) is 0 Å². The van der Waals surface area contributed by atoms with Crippen LogP contribution in [-0.4, -0.2) is 27.7 Å². The van der Waals surface area contributed by atoms with Crippen molar-refractivity contribution in [3.63, 3.8) is 0 Å². The lowest BCUT2D eigenvalue weighted by Gasteiger charge is -2.19. The van der Waals surface area contributed by atoms with Crippen LogP contribution in [0.4, 0.5) is 11.6 Å². The van der Waals surface area contributed by atoms with Crippen molar-refractivity contribution in [3.8, 4) is 0 Å². The Bertz CT molecular complexity index is 576. The van der Waals surface area contributed by atoms with Gasteiger partial charge in [-0.2, -0.15) is 9.61 Å². The van der Waals surface area contributed by atoms with Crippen LogP contribution in [-0.2, 0) is 0 Å². The molecule has 1 aliphatic rings. The van der Waals surface area contributed by atoms with Crippen LogP contribution in [0.25, 0.3) is 5.65 Å².